The number of Topliss-reactive ketones (excluding diaryl/α,β-unsaturated/α-hetero) is 1. The Bertz CT molecular complexity index is 1640. The molecule has 0 saturated heterocycles. The van der Waals surface area contributed by atoms with Gasteiger partial charge in [0.25, 0.3) is 5.91 Å². The van der Waals surface area contributed by atoms with E-state index in [0.717, 1.165) is 6.07 Å². The zero-order valence-electron chi connectivity index (χ0n) is 22.3. The van der Waals surface area contributed by atoms with Crippen LogP contribution in [0.4, 0.5) is 14.5 Å². The molecule has 11 heteroatoms. The molecule has 2 heterocycles. The second-order valence-corrected chi connectivity index (χ2v) is 10.2. The first-order chi connectivity index (χ1) is 19.6. The van der Waals surface area contributed by atoms with Gasteiger partial charge in [-0.2, -0.15) is 5.10 Å². The second-order valence-electron chi connectivity index (χ2n) is 9.73. The lowest BCUT2D eigenvalue weighted by Crippen LogP contribution is -2.41. The molecule has 1 unspecified atom stereocenters. The predicted molar refractivity (Wildman–Crippen MR) is 150 cm³/mol. The van der Waals surface area contributed by atoms with Crippen molar-refractivity contribution in [3.05, 3.63) is 99.7 Å². The first kappa shape index (κ1) is 28.3. The summed E-state index contributed by atoms with van der Waals surface area (Å²) in [6.45, 7) is 1.10. The first-order valence-corrected chi connectivity index (χ1v) is 13.3. The highest BCUT2D eigenvalue weighted by Crippen LogP contribution is 2.38. The maximum absolute atomic E-state index is 14.7. The Morgan fingerprint density at radius 2 is 1.93 bits per heavy atom. The number of fused-ring (bicyclic) bond motifs is 3. The Hall–Kier alpha value is -4.28. The van der Waals surface area contributed by atoms with Crippen LogP contribution in [0.3, 0.4) is 0 Å². The molecule has 3 aromatic carbocycles. The van der Waals surface area contributed by atoms with Crippen molar-refractivity contribution in [2.24, 2.45) is 7.05 Å². The number of carbonyl (C=O) groups excluding carboxylic acids is 2. The summed E-state index contributed by atoms with van der Waals surface area (Å²) >= 11 is 6.26. The third-order valence-electron chi connectivity index (χ3n) is 6.85. The molecule has 0 fully saturated rings. The number of aromatic nitrogens is 2. The maximum Gasteiger partial charge on any atom is 0.275 e. The third kappa shape index (κ3) is 5.94. The van der Waals surface area contributed by atoms with E-state index in [2.05, 4.69) is 10.4 Å². The molecule has 0 aliphatic carbocycles. The maximum atomic E-state index is 14.7. The number of rotatable bonds is 8. The van der Waals surface area contributed by atoms with Gasteiger partial charge in [0.2, 0.25) is 0 Å². The summed E-state index contributed by atoms with van der Waals surface area (Å²) in [4.78, 5) is 27.1. The molecule has 1 aromatic heterocycles. The van der Waals surface area contributed by atoms with Crippen molar-refractivity contribution in [2.75, 3.05) is 18.5 Å². The molecule has 4 aromatic rings. The number of nitrogens with one attached hydrogen (secondary N) is 1. The molecule has 0 radical (unpaired) electrons. The van der Waals surface area contributed by atoms with Crippen molar-refractivity contribution in [1.82, 2.24) is 14.7 Å². The van der Waals surface area contributed by atoms with E-state index >= 15 is 0 Å². The van der Waals surface area contributed by atoms with Crippen LogP contribution in [-0.2, 0) is 20.0 Å². The number of aliphatic hydroxyl groups excluding tert-OH is 1. The Balaban J connectivity index is 1.49. The number of benzene rings is 3. The zero-order chi connectivity index (χ0) is 29.3. The largest absolute Gasteiger partial charge is 0.493 e. The SMILES string of the molecule is CC(=O)c1ccc(F)c(NC(O)CN(Cc2ccccc2F)C(=O)c2nn(C)c3c2CCOc2ccc(Cl)cc2-3)c1. The minimum atomic E-state index is -1.47. The van der Waals surface area contributed by atoms with Crippen LogP contribution >= 0.6 is 11.6 Å². The highest BCUT2D eigenvalue weighted by atomic mass is 35.5. The van der Waals surface area contributed by atoms with Crippen molar-refractivity contribution in [2.45, 2.75) is 26.1 Å². The fraction of sp³-hybridized carbons (Fsp3) is 0.233. The number of ether oxygens (including phenoxy) is 1. The van der Waals surface area contributed by atoms with Gasteiger partial charge in [-0.25, -0.2) is 8.78 Å². The number of nitrogens with zero attached hydrogens (tertiary/aromatic N) is 3. The summed E-state index contributed by atoms with van der Waals surface area (Å²) in [5.41, 5.74) is 2.45. The number of hydrogen-bond acceptors (Lipinski definition) is 6. The number of aliphatic hydroxyl groups is 1. The van der Waals surface area contributed by atoms with Crippen molar-refractivity contribution >= 4 is 29.0 Å². The highest BCUT2D eigenvalue weighted by molar-refractivity contribution is 6.31. The quantitative estimate of drug-likeness (QED) is 0.219. The topological polar surface area (TPSA) is 96.7 Å². The van der Waals surface area contributed by atoms with E-state index in [1.165, 1.54) is 42.2 Å². The molecule has 1 atom stereocenters. The van der Waals surface area contributed by atoms with Gasteiger partial charge in [0.1, 0.15) is 23.6 Å². The van der Waals surface area contributed by atoms with E-state index in [0.29, 0.717) is 34.0 Å². The highest BCUT2D eigenvalue weighted by Gasteiger charge is 2.31. The number of aryl methyl sites for hydroxylation is 1. The molecule has 1 amide bonds. The Morgan fingerprint density at radius 3 is 2.68 bits per heavy atom. The summed E-state index contributed by atoms with van der Waals surface area (Å²) in [5, 5.41) is 18.5. The summed E-state index contributed by atoms with van der Waals surface area (Å²) in [6, 6.07) is 14.9. The van der Waals surface area contributed by atoms with E-state index < -0.39 is 23.8 Å². The van der Waals surface area contributed by atoms with Gasteiger partial charge < -0.3 is 20.1 Å². The van der Waals surface area contributed by atoms with Crippen LogP contribution in [0, 0.1) is 11.6 Å². The Kier molecular flexibility index (Phi) is 8.05. The lowest BCUT2D eigenvalue weighted by Gasteiger charge is -2.26. The van der Waals surface area contributed by atoms with Gasteiger partial charge in [-0.1, -0.05) is 29.8 Å². The van der Waals surface area contributed by atoms with Crippen molar-refractivity contribution < 1.29 is 28.2 Å². The molecular weight excluding hydrogens is 554 g/mol. The van der Waals surface area contributed by atoms with Crippen LogP contribution in [0.2, 0.25) is 5.02 Å². The van der Waals surface area contributed by atoms with Crippen LogP contribution in [0.1, 0.15) is 38.9 Å². The lowest BCUT2D eigenvalue weighted by molar-refractivity contribution is 0.0631. The molecule has 8 nitrogen and oxygen atoms in total. The number of ketones is 1. The molecule has 0 saturated carbocycles. The van der Waals surface area contributed by atoms with E-state index in [1.807, 2.05) is 0 Å². The summed E-state index contributed by atoms with van der Waals surface area (Å²) < 4.78 is 36.6. The predicted octanol–water partition coefficient (Wildman–Crippen LogP) is 5.23. The minimum Gasteiger partial charge on any atom is -0.493 e. The zero-order valence-corrected chi connectivity index (χ0v) is 23.1. The van der Waals surface area contributed by atoms with Crippen LogP contribution in [0.25, 0.3) is 11.3 Å². The Morgan fingerprint density at radius 1 is 1.15 bits per heavy atom. The number of halogens is 3. The van der Waals surface area contributed by atoms with Gasteiger partial charge in [0.15, 0.2) is 11.5 Å². The summed E-state index contributed by atoms with van der Waals surface area (Å²) in [7, 11) is 1.70. The van der Waals surface area contributed by atoms with Gasteiger partial charge in [-0.15, -0.1) is 0 Å². The van der Waals surface area contributed by atoms with Gasteiger partial charge in [-0.05, 0) is 49.4 Å². The van der Waals surface area contributed by atoms with E-state index in [9.17, 15) is 23.5 Å². The average Bonchev–Trinajstić information content (AvgIpc) is 3.14. The van der Waals surface area contributed by atoms with Crippen molar-refractivity contribution in [1.29, 1.82) is 0 Å². The summed E-state index contributed by atoms with van der Waals surface area (Å²) in [6.07, 6.45) is -1.10. The normalized spacial score (nSPS) is 12.9. The smallest absolute Gasteiger partial charge is 0.275 e. The molecule has 0 spiro atoms. The molecular formula is C30H27ClF2N4O4. The van der Waals surface area contributed by atoms with Crippen molar-refractivity contribution in [3.63, 3.8) is 0 Å². The van der Waals surface area contributed by atoms with E-state index in [-0.39, 0.29) is 48.0 Å². The third-order valence-corrected chi connectivity index (χ3v) is 7.08. The van der Waals surface area contributed by atoms with Gasteiger partial charge >= 0.3 is 0 Å². The van der Waals surface area contributed by atoms with Crippen molar-refractivity contribution in [3.8, 4) is 17.0 Å². The minimum absolute atomic E-state index is 0.110. The Labute approximate surface area is 240 Å². The number of carbonyl (C=O) groups is 2. The molecule has 212 valence electrons. The summed E-state index contributed by atoms with van der Waals surface area (Å²) in [5.74, 6) is -1.44. The standard InChI is InChI=1S/C30H27ClF2N4O4/c1-17(38)18-7-9-24(33)25(13-18)34-27(39)16-37(15-19-5-3-4-6-23(19)32)30(40)28-21-11-12-41-26-10-8-20(31)14-22(26)29(21)36(2)35-28/h3-10,13-14,27,34,39H,11-12,15-16H2,1-2H3. The molecule has 1 aliphatic rings. The van der Waals surface area contributed by atoms with Gasteiger partial charge in [0, 0.05) is 47.3 Å². The number of amides is 1. The second kappa shape index (κ2) is 11.7. The average molecular weight is 581 g/mol. The van der Waals surface area contributed by atoms with Crippen LogP contribution in [0.15, 0.2) is 60.7 Å². The van der Waals surface area contributed by atoms with E-state index in [4.69, 9.17) is 16.3 Å². The molecule has 1 aliphatic heterocycles. The van der Waals surface area contributed by atoms with Crippen LogP contribution in [-0.4, -0.2) is 50.9 Å². The van der Waals surface area contributed by atoms with Gasteiger partial charge in [0.05, 0.1) is 24.5 Å². The van der Waals surface area contributed by atoms with E-state index in [1.54, 1.807) is 36.0 Å². The fourth-order valence-electron chi connectivity index (χ4n) is 4.88. The molecule has 41 heavy (non-hydrogen) atoms. The first-order valence-electron chi connectivity index (χ1n) is 12.9. The van der Waals surface area contributed by atoms with Crippen LogP contribution < -0.4 is 10.1 Å². The molecule has 2 N–H and O–H groups in total. The fourth-order valence-corrected chi connectivity index (χ4v) is 5.05. The number of anilines is 1. The molecule has 5 rings (SSSR count). The van der Waals surface area contributed by atoms with Crippen LogP contribution in [0.5, 0.6) is 5.75 Å². The monoisotopic (exact) mass is 580 g/mol. The van der Waals surface area contributed by atoms with Gasteiger partial charge in [-0.3, -0.25) is 14.3 Å². The lowest BCUT2D eigenvalue weighted by atomic mass is 10.0. The molecule has 0 bridgehead atoms. The number of hydrogen-bond donors (Lipinski definition) is 2.